The maximum Gasteiger partial charge on any atom is 0.416 e. The van der Waals surface area contributed by atoms with Crippen LogP contribution in [0.5, 0.6) is 0 Å². The molecule has 1 saturated heterocycles. The number of aryl methyl sites for hydroxylation is 1. The van der Waals surface area contributed by atoms with Crippen molar-refractivity contribution in [3.05, 3.63) is 35.5 Å². The lowest BCUT2D eigenvalue weighted by Gasteiger charge is -2.19. The van der Waals surface area contributed by atoms with Crippen molar-refractivity contribution in [2.24, 2.45) is 5.73 Å². The zero-order chi connectivity index (χ0) is 19.6. The molecular weight excluding hydrogens is 357 g/mol. The van der Waals surface area contributed by atoms with Gasteiger partial charge in [-0.15, -0.1) is 0 Å². The largest absolute Gasteiger partial charge is 0.416 e. The molecule has 146 valence electrons. The van der Waals surface area contributed by atoms with Crippen LogP contribution in [0.25, 0.3) is 0 Å². The van der Waals surface area contributed by atoms with E-state index in [4.69, 9.17) is 11.5 Å². The zero-order valence-corrected chi connectivity index (χ0v) is 15.1. The lowest BCUT2D eigenvalue weighted by Crippen LogP contribution is -2.27. The molecule has 0 radical (unpaired) electrons. The van der Waals surface area contributed by atoms with Gasteiger partial charge >= 0.3 is 6.18 Å². The molecule has 0 amide bonds. The summed E-state index contributed by atoms with van der Waals surface area (Å²) in [4.78, 5) is 11.0. The fraction of sp³-hybridized carbons (Fsp3) is 0.444. The van der Waals surface area contributed by atoms with Gasteiger partial charge in [-0.1, -0.05) is 13.3 Å². The van der Waals surface area contributed by atoms with E-state index in [0.29, 0.717) is 6.54 Å². The summed E-state index contributed by atoms with van der Waals surface area (Å²) in [6.07, 6.45) is -1.96. The van der Waals surface area contributed by atoms with E-state index in [0.717, 1.165) is 49.5 Å². The molecule has 1 aliphatic rings. The number of nitrogens with zero attached hydrogens (tertiary/aromatic N) is 3. The molecule has 1 aliphatic heterocycles. The quantitative estimate of drug-likeness (QED) is 0.689. The number of nitrogens with two attached hydrogens (primary N) is 2. The Balaban J connectivity index is 1.92. The molecule has 0 spiro atoms. The Kier molecular flexibility index (Phi) is 5.41. The molecule has 27 heavy (non-hydrogen) atoms. The maximum absolute atomic E-state index is 13.0. The third-order valence-electron chi connectivity index (χ3n) is 4.36. The Labute approximate surface area is 155 Å². The van der Waals surface area contributed by atoms with Crippen LogP contribution in [0.2, 0.25) is 0 Å². The highest BCUT2D eigenvalue weighted by Gasteiger charge is 2.31. The van der Waals surface area contributed by atoms with Crippen LogP contribution in [0.3, 0.4) is 0 Å². The van der Waals surface area contributed by atoms with E-state index in [-0.39, 0.29) is 23.4 Å². The van der Waals surface area contributed by atoms with Crippen LogP contribution >= 0.6 is 0 Å². The van der Waals surface area contributed by atoms with Crippen LogP contribution in [0.15, 0.2) is 24.3 Å². The number of nitrogen functional groups attached to an aromatic ring is 1. The first-order valence-electron chi connectivity index (χ1n) is 8.88. The molecule has 6 nitrogen and oxygen atoms in total. The van der Waals surface area contributed by atoms with Gasteiger partial charge in [0.1, 0.15) is 5.82 Å². The molecule has 0 saturated carbocycles. The highest BCUT2D eigenvalue weighted by atomic mass is 19.4. The molecule has 1 fully saturated rings. The predicted molar refractivity (Wildman–Crippen MR) is 100.0 cm³/mol. The van der Waals surface area contributed by atoms with Gasteiger partial charge in [0.2, 0.25) is 5.95 Å². The highest BCUT2D eigenvalue weighted by Crippen LogP contribution is 2.33. The van der Waals surface area contributed by atoms with Crippen molar-refractivity contribution in [1.82, 2.24) is 9.97 Å². The SMILES string of the molecule is CCCc1cc(N2CC[C@H](N)C2)nc(Nc2cc(N)cc(C(F)(F)F)c2)n1. The predicted octanol–water partition coefficient (Wildman–Crippen LogP) is 3.31. The van der Waals surface area contributed by atoms with Crippen LogP contribution in [-0.4, -0.2) is 29.1 Å². The first-order chi connectivity index (χ1) is 12.7. The Bertz CT molecular complexity index is 808. The van der Waals surface area contributed by atoms with E-state index in [2.05, 4.69) is 20.2 Å². The van der Waals surface area contributed by atoms with Gasteiger partial charge in [0.05, 0.1) is 5.56 Å². The number of alkyl halides is 3. The van der Waals surface area contributed by atoms with Crippen molar-refractivity contribution < 1.29 is 13.2 Å². The summed E-state index contributed by atoms with van der Waals surface area (Å²) in [6, 6.07) is 5.33. The third kappa shape index (κ3) is 4.79. The number of aromatic nitrogens is 2. The number of hydrogen-bond donors (Lipinski definition) is 3. The molecule has 0 aliphatic carbocycles. The summed E-state index contributed by atoms with van der Waals surface area (Å²) in [5.74, 6) is 0.971. The first-order valence-corrected chi connectivity index (χ1v) is 8.88. The normalized spacial score (nSPS) is 17.4. The monoisotopic (exact) mass is 380 g/mol. The molecule has 1 aromatic heterocycles. The summed E-state index contributed by atoms with van der Waals surface area (Å²) >= 11 is 0. The molecule has 2 heterocycles. The van der Waals surface area contributed by atoms with Crippen molar-refractivity contribution in [2.75, 3.05) is 29.0 Å². The van der Waals surface area contributed by atoms with Gasteiger partial charge in [-0.3, -0.25) is 0 Å². The second-order valence-corrected chi connectivity index (χ2v) is 6.75. The van der Waals surface area contributed by atoms with Gasteiger partial charge in [-0.25, -0.2) is 4.98 Å². The van der Waals surface area contributed by atoms with E-state index in [1.165, 1.54) is 6.07 Å². The second-order valence-electron chi connectivity index (χ2n) is 6.75. The number of halogens is 3. The van der Waals surface area contributed by atoms with Gasteiger partial charge in [0.15, 0.2) is 0 Å². The van der Waals surface area contributed by atoms with Gasteiger partial charge in [0, 0.05) is 42.3 Å². The van der Waals surface area contributed by atoms with Gasteiger partial charge in [-0.2, -0.15) is 18.2 Å². The number of nitrogens with one attached hydrogen (secondary N) is 1. The molecule has 0 unspecified atom stereocenters. The van der Waals surface area contributed by atoms with E-state index in [1.807, 2.05) is 13.0 Å². The smallest absolute Gasteiger partial charge is 0.399 e. The van der Waals surface area contributed by atoms with Crippen molar-refractivity contribution in [2.45, 2.75) is 38.4 Å². The average Bonchev–Trinajstić information content (AvgIpc) is 3.00. The van der Waals surface area contributed by atoms with E-state index in [9.17, 15) is 13.2 Å². The second kappa shape index (κ2) is 7.59. The fourth-order valence-electron chi connectivity index (χ4n) is 3.10. The topological polar surface area (TPSA) is 93.1 Å². The first kappa shape index (κ1) is 19.2. The Morgan fingerprint density at radius 2 is 2.00 bits per heavy atom. The summed E-state index contributed by atoms with van der Waals surface area (Å²) < 4.78 is 39.1. The minimum atomic E-state index is -4.48. The Morgan fingerprint density at radius 1 is 1.22 bits per heavy atom. The minimum absolute atomic E-state index is 0.0165. The lowest BCUT2D eigenvalue weighted by atomic mass is 10.1. The van der Waals surface area contributed by atoms with Crippen molar-refractivity contribution >= 4 is 23.1 Å². The van der Waals surface area contributed by atoms with E-state index in [1.54, 1.807) is 0 Å². The van der Waals surface area contributed by atoms with Gasteiger partial charge < -0.3 is 21.7 Å². The maximum atomic E-state index is 13.0. The number of anilines is 4. The number of hydrogen-bond acceptors (Lipinski definition) is 6. The Hall–Kier alpha value is -2.55. The van der Waals surface area contributed by atoms with Gasteiger partial charge in [-0.05, 0) is 31.0 Å². The van der Waals surface area contributed by atoms with Crippen LogP contribution in [0.4, 0.5) is 36.3 Å². The van der Waals surface area contributed by atoms with Crippen molar-refractivity contribution in [3.63, 3.8) is 0 Å². The molecule has 1 atom stereocenters. The van der Waals surface area contributed by atoms with Gasteiger partial charge in [0.25, 0.3) is 0 Å². The molecule has 9 heteroatoms. The highest BCUT2D eigenvalue weighted by molar-refractivity contribution is 5.63. The summed E-state index contributed by atoms with van der Waals surface area (Å²) in [7, 11) is 0. The number of benzene rings is 1. The van der Waals surface area contributed by atoms with E-state index >= 15 is 0 Å². The fourth-order valence-corrected chi connectivity index (χ4v) is 3.10. The Morgan fingerprint density at radius 3 is 2.63 bits per heavy atom. The summed E-state index contributed by atoms with van der Waals surface area (Å²) in [6.45, 7) is 3.52. The van der Waals surface area contributed by atoms with Crippen LogP contribution in [-0.2, 0) is 12.6 Å². The molecule has 0 bridgehead atoms. The zero-order valence-electron chi connectivity index (χ0n) is 15.1. The minimum Gasteiger partial charge on any atom is -0.399 e. The van der Waals surface area contributed by atoms with Crippen LogP contribution in [0, 0.1) is 0 Å². The molecule has 3 rings (SSSR count). The third-order valence-corrected chi connectivity index (χ3v) is 4.36. The molecule has 2 aromatic rings. The number of rotatable bonds is 5. The van der Waals surface area contributed by atoms with Crippen LogP contribution < -0.4 is 21.7 Å². The lowest BCUT2D eigenvalue weighted by molar-refractivity contribution is -0.137. The molecular formula is C18H23F3N6. The van der Waals surface area contributed by atoms with Crippen molar-refractivity contribution in [1.29, 1.82) is 0 Å². The van der Waals surface area contributed by atoms with Crippen molar-refractivity contribution in [3.8, 4) is 0 Å². The summed E-state index contributed by atoms with van der Waals surface area (Å²) in [5.41, 5.74) is 11.8. The molecule has 1 aromatic carbocycles. The summed E-state index contributed by atoms with van der Waals surface area (Å²) in [5, 5.41) is 2.87. The van der Waals surface area contributed by atoms with E-state index < -0.39 is 11.7 Å². The standard InChI is InChI=1S/C18H23F3N6/c1-2-3-14-9-16(27-5-4-12(22)10-27)26-17(24-14)25-15-7-11(18(19,20)21)6-13(23)8-15/h6-9,12H,2-5,10,22-23H2,1H3,(H,24,25,26)/t12-/m0/s1. The molecule has 5 N–H and O–H groups in total. The average molecular weight is 380 g/mol. The van der Waals surface area contributed by atoms with Crippen LogP contribution in [0.1, 0.15) is 31.0 Å².